The molecule has 1 fully saturated rings. The van der Waals surface area contributed by atoms with Crippen molar-refractivity contribution in [2.24, 2.45) is 4.99 Å². The van der Waals surface area contributed by atoms with Crippen molar-refractivity contribution in [3.05, 3.63) is 80.1 Å². The molecule has 3 aromatic heterocycles. The van der Waals surface area contributed by atoms with Gasteiger partial charge in [-0.3, -0.25) is 28.4 Å². The maximum atomic E-state index is 13.5. The molecular weight excluding hydrogens is 581 g/mol. The molecule has 0 aromatic carbocycles. The van der Waals surface area contributed by atoms with E-state index in [4.69, 9.17) is 0 Å². The van der Waals surface area contributed by atoms with Crippen LogP contribution < -0.4 is 16.1 Å². The first kappa shape index (κ1) is 31.6. The molecule has 0 bridgehead atoms. The molecule has 0 aliphatic carbocycles. The van der Waals surface area contributed by atoms with Gasteiger partial charge in [0.05, 0.1) is 16.8 Å². The van der Waals surface area contributed by atoms with Crippen molar-refractivity contribution < 1.29 is 18.8 Å². The second kappa shape index (κ2) is 13.9. The van der Waals surface area contributed by atoms with Gasteiger partial charge in [0.1, 0.15) is 17.4 Å². The van der Waals surface area contributed by atoms with Gasteiger partial charge in [-0.05, 0) is 56.9 Å². The SMILES string of the molecule is CCCn1c2c(c(=O)n(CCCC(C)=O)c1=O)CC(c1ccc(N(CCCN3CCCC3=O)C(=O)c3ccc(F)nc3)nc1)=N2. The van der Waals surface area contributed by atoms with Crippen LogP contribution in [0, 0.1) is 5.95 Å². The van der Waals surface area contributed by atoms with Gasteiger partial charge < -0.3 is 9.69 Å². The average Bonchev–Trinajstić information content (AvgIpc) is 3.66. The van der Waals surface area contributed by atoms with Gasteiger partial charge in [0, 0.05) is 69.9 Å². The summed E-state index contributed by atoms with van der Waals surface area (Å²) in [6, 6.07) is 5.92. The molecule has 45 heavy (non-hydrogen) atoms. The van der Waals surface area contributed by atoms with E-state index in [-0.39, 0.29) is 43.2 Å². The monoisotopic (exact) mass is 617 g/mol. The van der Waals surface area contributed by atoms with Crippen molar-refractivity contribution in [1.29, 1.82) is 0 Å². The number of carbonyl (C=O) groups excluding carboxylic acids is 3. The summed E-state index contributed by atoms with van der Waals surface area (Å²) >= 11 is 0. The third-order valence-electron chi connectivity index (χ3n) is 7.99. The minimum absolute atomic E-state index is 0.00375. The van der Waals surface area contributed by atoms with E-state index in [2.05, 4.69) is 15.0 Å². The van der Waals surface area contributed by atoms with Crippen LogP contribution in [0.25, 0.3) is 0 Å². The van der Waals surface area contributed by atoms with E-state index in [1.807, 2.05) is 6.92 Å². The van der Waals surface area contributed by atoms with E-state index in [9.17, 15) is 28.4 Å². The van der Waals surface area contributed by atoms with E-state index in [0.717, 1.165) is 12.5 Å². The highest BCUT2D eigenvalue weighted by Gasteiger charge is 2.27. The highest BCUT2D eigenvalue weighted by molar-refractivity contribution is 6.07. The molecule has 5 heterocycles. The lowest BCUT2D eigenvalue weighted by Crippen LogP contribution is -2.41. The van der Waals surface area contributed by atoms with Gasteiger partial charge in [-0.2, -0.15) is 4.39 Å². The second-order valence-electron chi connectivity index (χ2n) is 11.3. The third kappa shape index (κ3) is 6.97. The topological polar surface area (TPSA) is 140 Å². The number of hydrogen-bond donors (Lipinski definition) is 0. The summed E-state index contributed by atoms with van der Waals surface area (Å²) in [6.45, 7) is 5.42. The number of halogens is 1. The number of pyridine rings is 2. The van der Waals surface area contributed by atoms with Gasteiger partial charge in [0.15, 0.2) is 0 Å². The molecule has 2 amide bonds. The number of fused-ring (bicyclic) bond motifs is 1. The molecule has 1 saturated heterocycles. The molecule has 236 valence electrons. The summed E-state index contributed by atoms with van der Waals surface area (Å²) in [6.07, 6.45) is 6.17. The van der Waals surface area contributed by atoms with Crippen molar-refractivity contribution in [1.82, 2.24) is 24.0 Å². The molecule has 0 radical (unpaired) electrons. The first-order valence-electron chi connectivity index (χ1n) is 15.3. The van der Waals surface area contributed by atoms with E-state index in [1.165, 1.54) is 33.2 Å². The normalized spacial score (nSPS) is 14.1. The standard InChI is InChI=1S/C32H36FN7O5/c1-3-13-39-29-24(31(44)40(32(39)45)16-4-7-21(2)41)18-25(36-29)22-10-12-27(35-19-22)38(17-6-15-37-14-5-8-28(37)42)30(43)23-9-11-26(33)34-20-23/h9-12,19-20H,3-8,13-18H2,1-2H3. The molecule has 2 aliphatic rings. The zero-order valence-electron chi connectivity index (χ0n) is 25.5. The Hall–Kier alpha value is -4.81. The average molecular weight is 618 g/mol. The number of aliphatic imine (C=N–C) groups is 1. The second-order valence-corrected chi connectivity index (χ2v) is 11.3. The van der Waals surface area contributed by atoms with Gasteiger partial charge in [-0.15, -0.1) is 0 Å². The lowest BCUT2D eigenvalue weighted by molar-refractivity contribution is -0.127. The fraction of sp³-hybridized carbons (Fsp3) is 0.438. The molecule has 2 aliphatic heterocycles. The number of aromatic nitrogens is 4. The van der Waals surface area contributed by atoms with Crippen molar-refractivity contribution in [3.63, 3.8) is 0 Å². The van der Waals surface area contributed by atoms with Gasteiger partial charge in [-0.1, -0.05) is 6.92 Å². The molecule has 12 nitrogen and oxygen atoms in total. The van der Waals surface area contributed by atoms with Gasteiger partial charge in [0.2, 0.25) is 11.9 Å². The number of nitrogens with zero attached hydrogens (tertiary/aromatic N) is 7. The maximum absolute atomic E-state index is 13.5. The number of anilines is 1. The van der Waals surface area contributed by atoms with Crippen LogP contribution in [0.2, 0.25) is 0 Å². The van der Waals surface area contributed by atoms with Gasteiger partial charge in [0.25, 0.3) is 11.5 Å². The van der Waals surface area contributed by atoms with Gasteiger partial charge >= 0.3 is 5.69 Å². The van der Waals surface area contributed by atoms with Crippen LogP contribution in [0.1, 0.15) is 73.9 Å². The van der Waals surface area contributed by atoms with Crippen molar-refractivity contribution in [2.45, 2.75) is 71.9 Å². The minimum atomic E-state index is -0.696. The summed E-state index contributed by atoms with van der Waals surface area (Å²) in [4.78, 5) is 79.7. The molecule has 0 unspecified atom stereocenters. The van der Waals surface area contributed by atoms with E-state index < -0.39 is 23.1 Å². The van der Waals surface area contributed by atoms with Crippen LogP contribution in [0.15, 0.2) is 51.2 Å². The molecular formula is C32H36FN7O5. The summed E-state index contributed by atoms with van der Waals surface area (Å²) < 4.78 is 16.2. The van der Waals surface area contributed by atoms with Crippen LogP contribution in [0.4, 0.5) is 16.0 Å². The highest BCUT2D eigenvalue weighted by Crippen LogP contribution is 2.26. The Morgan fingerprint density at radius 2 is 1.80 bits per heavy atom. The Morgan fingerprint density at radius 3 is 2.44 bits per heavy atom. The Labute approximate surface area is 259 Å². The molecule has 5 rings (SSSR count). The number of rotatable bonds is 13. The number of ketones is 1. The number of Topliss-reactive ketones (excluding diaryl/α,β-unsaturated/α-hetero) is 1. The summed E-state index contributed by atoms with van der Waals surface area (Å²) in [5.41, 5.74) is 0.968. The Bertz CT molecular complexity index is 1750. The fourth-order valence-corrected chi connectivity index (χ4v) is 5.69. The number of amides is 2. The fourth-order valence-electron chi connectivity index (χ4n) is 5.69. The van der Waals surface area contributed by atoms with E-state index in [1.54, 1.807) is 23.2 Å². The molecule has 13 heteroatoms. The van der Waals surface area contributed by atoms with Crippen LogP contribution in [-0.2, 0) is 29.1 Å². The maximum Gasteiger partial charge on any atom is 0.332 e. The summed E-state index contributed by atoms with van der Waals surface area (Å²) in [7, 11) is 0. The molecule has 0 saturated carbocycles. The Balaban J connectivity index is 1.40. The lowest BCUT2D eigenvalue weighted by atomic mass is 10.1. The molecule has 0 atom stereocenters. The quantitative estimate of drug-likeness (QED) is 0.269. The van der Waals surface area contributed by atoms with Crippen molar-refractivity contribution in [3.8, 4) is 0 Å². The van der Waals surface area contributed by atoms with E-state index >= 15 is 0 Å². The number of hydrogen-bond acceptors (Lipinski definition) is 8. The predicted molar refractivity (Wildman–Crippen MR) is 166 cm³/mol. The van der Waals surface area contributed by atoms with E-state index in [0.29, 0.717) is 73.8 Å². The van der Waals surface area contributed by atoms with Crippen molar-refractivity contribution in [2.75, 3.05) is 24.5 Å². The van der Waals surface area contributed by atoms with Crippen LogP contribution in [0.3, 0.4) is 0 Å². The molecule has 0 N–H and O–H groups in total. The van der Waals surface area contributed by atoms with Crippen molar-refractivity contribution >= 4 is 34.9 Å². The third-order valence-corrected chi connectivity index (χ3v) is 7.99. The molecule has 3 aromatic rings. The molecule has 0 spiro atoms. The Morgan fingerprint density at radius 1 is 0.978 bits per heavy atom. The number of carbonyl (C=O) groups is 3. The van der Waals surface area contributed by atoms with Gasteiger partial charge in [-0.25, -0.2) is 19.8 Å². The zero-order chi connectivity index (χ0) is 32.1. The smallest absolute Gasteiger partial charge is 0.332 e. The van der Waals surface area contributed by atoms with Crippen LogP contribution in [0.5, 0.6) is 0 Å². The summed E-state index contributed by atoms with van der Waals surface area (Å²) in [5.74, 6) is -0.313. The Kier molecular flexibility index (Phi) is 9.74. The largest absolute Gasteiger partial charge is 0.343 e. The first-order chi connectivity index (χ1) is 21.7. The van der Waals surface area contributed by atoms with Crippen LogP contribution in [-0.4, -0.2) is 66.9 Å². The highest BCUT2D eigenvalue weighted by atomic mass is 19.1. The minimum Gasteiger partial charge on any atom is -0.343 e. The lowest BCUT2D eigenvalue weighted by Gasteiger charge is -2.23. The summed E-state index contributed by atoms with van der Waals surface area (Å²) in [5, 5.41) is 0. The predicted octanol–water partition coefficient (Wildman–Crippen LogP) is 3.05. The first-order valence-corrected chi connectivity index (χ1v) is 15.3. The van der Waals surface area contributed by atoms with Crippen LogP contribution >= 0.6 is 0 Å². The number of likely N-dealkylation sites (tertiary alicyclic amines) is 1. The zero-order valence-corrected chi connectivity index (χ0v) is 25.5.